The van der Waals surface area contributed by atoms with Crippen LogP contribution in [-0.4, -0.2) is 49.6 Å². The molecule has 5 aromatic rings. The molecule has 0 saturated carbocycles. The van der Waals surface area contributed by atoms with Crippen LogP contribution in [0, 0.1) is 39.3 Å². The minimum Gasteiger partial charge on any atom is -0.490 e. The molecule has 0 spiro atoms. The number of aryl methyl sites for hydroxylation is 2. The number of hydrogen-bond acceptors (Lipinski definition) is 6. The maximum atomic E-state index is 15.5. The summed E-state index contributed by atoms with van der Waals surface area (Å²) in [5.74, 6) is -1.26. The molecule has 2 aromatic heterocycles. The zero-order chi connectivity index (χ0) is 36.1. The molecule has 4 heterocycles. The molecule has 10 heteroatoms. The topological polar surface area (TPSA) is 106 Å². The van der Waals surface area contributed by atoms with Crippen molar-refractivity contribution in [3.8, 4) is 45.1 Å². The van der Waals surface area contributed by atoms with E-state index in [4.69, 9.17) is 24.7 Å². The first-order valence-electron chi connectivity index (χ1n) is 17.0. The second kappa shape index (κ2) is 13.5. The molecule has 3 aromatic carbocycles. The average Bonchev–Trinajstić information content (AvgIpc) is 3.39. The maximum absolute atomic E-state index is 15.5. The Labute approximate surface area is 290 Å². The molecule has 0 radical (unpaired) electrons. The molecule has 2 N–H and O–H groups in total. The number of hydrogen-bond donors (Lipinski definition) is 2. The van der Waals surface area contributed by atoms with Crippen LogP contribution in [0.2, 0.25) is 0 Å². The summed E-state index contributed by atoms with van der Waals surface area (Å²) in [5, 5.41) is 23.4. The summed E-state index contributed by atoms with van der Waals surface area (Å²) in [7, 11) is 0. The van der Waals surface area contributed by atoms with Crippen LogP contribution < -0.4 is 9.47 Å². The van der Waals surface area contributed by atoms with Crippen molar-refractivity contribution in [2.75, 3.05) is 13.2 Å². The quantitative estimate of drug-likeness (QED) is 0.192. The average molecular weight is 684 g/mol. The number of fused-ring (bicyclic) bond motifs is 3. The second-order valence-corrected chi connectivity index (χ2v) is 14.1. The monoisotopic (exact) mass is 683 g/mol. The van der Waals surface area contributed by atoms with E-state index in [1.165, 1.54) is 12.1 Å². The summed E-state index contributed by atoms with van der Waals surface area (Å²) < 4.78 is 43.6. The van der Waals surface area contributed by atoms with Gasteiger partial charge in [-0.05, 0) is 115 Å². The summed E-state index contributed by atoms with van der Waals surface area (Å²) in [5.41, 5.74) is 9.52. The fraction of sp³-hybridized carbons (Fsp3) is 0.375. The maximum Gasteiger partial charge on any atom is 0.307 e. The van der Waals surface area contributed by atoms with Gasteiger partial charge in [0.2, 0.25) is 0 Å². The van der Waals surface area contributed by atoms with Crippen LogP contribution >= 0.6 is 0 Å². The molecule has 262 valence electrons. The predicted octanol–water partition coefficient (Wildman–Crippen LogP) is 8.30. The highest BCUT2D eigenvalue weighted by molar-refractivity contribution is 5.82. The van der Waals surface area contributed by atoms with Gasteiger partial charge in [-0.25, -0.2) is 18.3 Å². The number of carboxylic acid groups (broad SMARTS) is 1. The molecular formula is C40H43F2N3O5. The first kappa shape index (κ1) is 35.0. The van der Waals surface area contributed by atoms with Crippen LogP contribution in [0.3, 0.4) is 0 Å². The first-order valence-corrected chi connectivity index (χ1v) is 17.0. The molecule has 0 aliphatic carbocycles. The number of ether oxygens (including phenoxy) is 2. The van der Waals surface area contributed by atoms with E-state index in [2.05, 4.69) is 0 Å². The summed E-state index contributed by atoms with van der Waals surface area (Å²) in [6, 6.07) is 10.8. The lowest BCUT2D eigenvalue weighted by Crippen LogP contribution is -2.14. The Balaban J connectivity index is 0.000000808. The fourth-order valence-corrected chi connectivity index (χ4v) is 6.91. The molecule has 0 fully saturated rings. The highest BCUT2D eigenvalue weighted by Crippen LogP contribution is 2.41. The van der Waals surface area contributed by atoms with E-state index in [9.17, 15) is 9.90 Å². The van der Waals surface area contributed by atoms with Crippen LogP contribution in [-0.2, 0) is 24.1 Å². The fourth-order valence-electron chi connectivity index (χ4n) is 6.91. The number of carboxylic acids is 1. The number of benzene rings is 3. The molecule has 50 heavy (non-hydrogen) atoms. The van der Waals surface area contributed by atoms with Gasteiger partial charge in [0.15, 0.2) is 28.8 Å². The normalized spacial score (nSPS) is 13.9. The molecule has 0 saturated heterocycles. The van der Waals surface area contributed by atoms with E-state index in [0.717, 1.165) is 63.8 Å². The molecule has 2 aliphatic rings. The van der Waals surface area contributed by atoms with Crippen LogP contribution in [0.4, 0.5) is 8.78 Å². The Hall–Kier alpha value is -4.83. The first-order chi connectivity index (χ1) is 23.6. The van der Waals surface area contributed by atoms with Gasteiger partial charge in [0.1, 0.15) is 0 Å². The second-order valence-electron chi connectivity index (χ2n) is 14.1. The Morgan fingerprint density at radius 3 is 1.98 bits per heavy atom. The van der Waals surface area contributed by atoms with Gasteiger partial charge >= 0.3 is 5.97 Å². The van der Waals surface area contributed by atoms with E-state index in [-0.39, 0.29) is 18.0 Å². The van der Waals surface area contributed by atoms with Crippen molar-refractivity contribution in [1.82, 2.24) is 14.6 Å². The van der Waals surface area contributed by atoms with Gasteiger partial charge in [-0.1, -0.05) is 18.2 Å². The predicted molar refractivity (Wildman–Crippen MR) is 189 cm³/mol. The lowest BCUT2D eigenvalue weighted by Gasteiger charge is -2.23. The van der Waals surface area contributed by atoms with Crippen LogP contribution in [0.25, 0.3) is 39.3 Å². The van der Waals surface area contributed by atoms with Crippen molar-refractivity contribution >= 4 is 11.6 Å². The van der Waals surface area contributed by atoms with Gasteiger partial charge in [0.25, 0.3) is 0 Å². The van der Waals surface area contributed by atoms with Crippen molar-refractivity contribution in [2.45, 2.75) is 86.2 Å². The van der Waals surface area contributed by atoms with Gasteiger partial charge < -0.3 is 19.7 Å². The van der Waals surface area contributed by atoms with Gasteiger partial charge in [0.05, 0.1) is 36.6 Å². The SMILES string of the molecule is CC(C)(C)O.Cc1nc2c(C)c(-c3cccc(-c4cc(F)c5c(c4C)CCCO5)c3)nn2c(-c2cc(F)c3c(c2C)CCCO3)c1CC(=O)O. The smallest absolute Gasteiger partial charge is 0.307 e. The Morgan fingerprint density at radius 2 is 1.40 bits per heavy atom. The zero-order valence-electron chi connectivity index (χ0n) is 29.6. The standard InChI is InChI=1S/C36H33F2N3O4.C4H10O/c1-18-24-10-6-12-44-34(24)29(37)15-26(18)22-8-5-9-23(14-22)32-20(3)36-39-21(4)28(17-31(42)43)33(41(36)40-32)27-16-30(38)35-25(19(27)2)11-7-13-45-35;1-4(2,3)5/h5,8-9,14-16H,6-7,10-13,17H2,1-4H3,(H,42,43);5H,1-3H3. The highest BCUT2D eigenvalue weighted by Gasteiger charge is 2.28. The van der Waals surface area contributed by atoms with Crippen LogP contribution in [0.5, 0.6) is 11.5 Å². The summed E-state index contributed by atoms with van der Waals surface area (Å²) in [6.07, 6.45) is 2.74. The Morgan fingerprint density at radius 1 is 0.860 bits per heavy atom. The number of carbonyl (C=O) groups is 1. The third-order valence-electron chi connectivity index (χ3n) is 9.20. The zero-order valence-corrected chi connectivity index (χ0v) is 29.6. The Bertz CT molecular complexity index is 2140. The summed E-state index contributed by atoms with van der Waals surface area (Å²) in [4.78, 5) is 16.9. The number of nitrogens with zero attached hydrogens (tertiary/aromatic N) is 3. The van der Waals surface area contributed by atoms with Crippen molar-refractivity contribution in [3.63, 3.8) is 0 Å². The van der Waals surface area contributed by atoms with Crippen molar-refractivity contribution in [2.24, 2.45) is 0 Å². The number of aliphatic hydroxyl groups is 1. The number of rotatable bonds is 5. The Kier molecular flexibility index (Phi) is 9.43. The third kappa shape index (κ3) is 6.68. The minimum absolute atomic E-state index is 0.263. The number of halogens is 2. The summed E-state index contributed by atoms with van der Waals surface area (Å²) in [6.45, 7) is 13.8. The van der Waals surface area contributed by atoms with E-state index < -0.39 is 17.4 Å². The van der Waals surface area contributed by atoms with Gasteiger partial charge in [0, 0.05) is 39.1 Å². The molecule has 0 unspecified atom stereocenters. The van der Waals surface area contributed by atoms with E-state index in [0.29, 0.717) is 59.2 Å². The third-order valence-corrected chi connectivity index (χ3v) is 9.20. The molecule has 2 aliphatic heterocycles. The van der Waals surface area contributed by atoms with Crippen LogP contribution in [0.1, 0.15) is 72.7 Å². The van der Waals surface area contributed by atoms with Crippen molar-refractivity contribution < 1.29 is 33.3 Å². The lowest BCUT2D eigenvalue weighted by molar-refractivity contribution is -0.136. The molecule has 0 bridgehead atoms. The summed E-state index contributed by atoms with van der Waals surface area (Å²) >= 11 is 0. The lowest BCUT2D eigenvalue weighted by atomic mass is 9.91. The molecule has 0 atom stereocenters. The van der Waals surface area contributed by atoms with Crippen molar-refractivity contribution in [3.05, 3.63) is 87.1 Å². The van der Waals surface area contributed by atoms with Crippen molar-refractivity contribution in [1.29, 1.82) is 0 Å². The van der Waals surface area contributed by atoms with E-state index >= 15 is 8.78 Å². The van der Waals surface area contributed by atoms with Gasteiger partial charge in [-0.15, -0.1) is 0 Å². The highest BCUT2D eigenvalue weighted by atomic mass is 19.1. The van der Waals surface area contributed by atoms with E-state index in [1.807, 2.05) is 45.0 Å². The molecular weight excluding hydrogens is 640 g/mol. The minimum atomic E-state index is -1.02. The van der Waals surface area contributed by atoms with Gasteiger partial charge in [-0.3, -0.25) is 4.79 Å². The molecule has 8 nitrogen and oxygen atoms in total. The van der Waals surface area contributed by atoms with E-state index in [1.54, 1.807) is 32.2 Å². The largest absolute Gasteiger partial charge is 0.490 e. The number of aromatic nitrogens is 3. The molecule has 0 amide bonds. The molecule has 7 rings (SSSR count). The van der Waals surface area contributed by atoms with Gasteiger partial charge in [-0.2, -0.15) is 5.10 Å². The van der Waals surface area contributed by atoms with Crippen LogP contribution in [0.15, 0.2) is 36.4 Å². The number of aliphatic carboxylic acids is 1.